The fourth-order valence-corrected chi connectivity index (χ4v) is 3.41. The first kappa shape index (κ1) is 19.7. The molecule has 2 heterocycles. The molecule has 0 aliphatic rings. The van der Waals surface area contributed by atoms with Crippen LogP contribution in [0.3, 0.4) is 0 Å². The number of hydrogen-bond acceptors (Lipinski definition) is 5. The average Bonchev–Trinajstić information content (AvgIpc) is 3.07. The van der Waals surface area contributed by atoms with Crippen LogP contribution >= 0.6 is 24.0 Å². The minimum absolute atomic E-state index is 0.140. The highest BCUT2D eigenvalue weighted by Crippen LogP contribution is 2.31. The van der Waals surface area contributed by atoms with Crippen molar-refractivity contribution < 1.29 is 8.78 Å². The summed E-state index contributed by atoms with van der Waals surface area (Å²) in [6.45, 7) is 6.30. The van der Waals surface area contributed by atoms with Crippen LogP contribution in [0.25, 0.3) is 0 Å². The second-order valence-corrected chi connectivity index (χ2v) is 7.12. The van der Waals surface area contributed by atoms with Gasteiger partial charge < -0.3 is 4.90 Å². The lowest BCUT2D eigenvalue weighted by molar-refractivity contribution is 0.136. The van der Waals surface area contributed by atoms with Gasteiger partial charge in [-0.3, -0.25) is 4.68 Å². The molecule has 9 heteroatoms. The van der Waals surface area contributed by atoms with Gasteiger partial charge in [0.15, 0.2) is 0 Å². The summed E-state index contributed by atoms with van der Waals surface area (Å²) in [7, 11) is 0. The van der Waals surface area contributed by atoms with Crippen molar-refractivity contribution in [2.75, 3.05) is 17.7 Å². The maximum Gasteiger partial charge on any atom is 0.280 e. The Bertz CT molecular complexity index is 708. The quantitative estimate of drug-likeness (QED) is 0.668. The van der Waals surface area contributed by atoms with Gasteiger partial charge in [0.2, 0.25) is 0 Å². The Morgan fingerprint density at radius 2 is 2.04 bits per heavy atom. The molecule has 0 radical (unpaired) electrons. The molecule has 0 amide bonds. The zero-order valence-corrected chi connectivity index (χ0v) is 16.2. The van der Waals surface area contributed by atoms with Gasteiger partial charge in [-0.05, 0) is 26.2 Å². The standard InChI is InChI=1S/C16H21F2N5S2/c1-5-22(12-6-7-19-20-8-12)16(24)13-9-21-23(14(13)15(17)18)10(2)11(3)25-4/h6-11,15H,5H2,1-4H3. The van der Waals surface area contributed by atoms with Crippen molar-refractivity contribution in [2.24, 2.45) is 0 Å². The van der Waals surface area contributed by atoms with Gasteiger partial charge in [-0.1, -0.05) is 19.1 Å². The lowest BCUT2D eigenvalue weighted by atomic mass is 10.2. The normalized spacial score (nSPS) is 13.7. The van der Waals surface area contributed by atoms with E-state index in [1.54, 1.807) is 35.1 Å². The summed E-state index contributed by atoms with van der Waals surface area (Å²) in [4.78, 5) is 2.06. The molecule has 0 aromatic carbocycles. The Labute approximate surface area is 155 Å². The van der Waals surface area contributed by atoms with E-state index in [-0.39, 0.29) is 22.5 Å². The first-order chi connectivity index (χ1) is 11.9. The van der Waals surface area contributed by atoms with Gasteiger partial charge in [0, 0.05) is 11.8 Å². The number of halogens is 2. The molecule has 0 aliphatic heterocycles. The Hall–Kier alpha value is -1.61. The van der Waals surface area contributed by atoms with Crippen molar-refractivity contribution in [1.82, 2.24) is 20.0 Å². The van der Waals surface area contributed by atoms with Gasteiger partial charge in [-0.2, -0.15) is 27.1 Å². The van der Waals surface area contributed by atoms with E-state index in [1.165, 1.54) is 10.9 Å². The smallest absolute Gasteiger partial charge is 0.280 e. The van der Waals surface area contributed by atoms with Crippen molar-refractivity contribution in [3.8, 4) is 0 Å². The zero-order chi connectivity index (χ0) is 18.6. The molecular weight excluding hydrogens is 364 g/mol. The molecule has 136 valence electrons. The van der Waals surface area contributed by atoms with E-state index in [4.69, 9.17) is 12.2 Å². The summed E-state index contributed by atoms with van der Waals surface area (Å²) in [6.07, 6.45) is 3.82. The zero-order valence-electron chi connectivity index (χ0n) is 14.6. The van der Waals surface area contributed by atoms with Gasteiger partial charge >= 0.3 is 0 Å². The van der Waals surface area contributed by atoms with Gasteiger partial charge in [0.1, 0.15) is 10.7 Å². The van der Waals surface area contributed by atoms with Crippen LogP contribution in [-0.2, 0) is 0 Å². The monoisotopic (exact) mass is 385 g/mol. The van der Waals surface area contributed by atoms with E-state index in [0.717, 1.165) is 0 Å². The number of hydrogen-bond donors (Lipinski definition) is 0. The highest BCUT2D eigenvalue weighted by molar-refractivity contribution is 7.99. The molecule has 2 aromatic heterocycles. The summed E-state index contributed by atoms with van der Waals surface area (Å²) < 4.78 is 29.0. The van der Waals surface area contributed by atoms with E-state index in [9.17, 15) is 8.78 Å². The van der Waals surface area contributed by atoms with Gasteiger partial charge in [-0.15, -0.1) is 0 Å². The first-order valence-electron chi connectivity index (χ1n) is 7.89. The molecule has 2 unspecified atom stereocenters. The van der Waals surface area contributed by atoms with Gasteiger partial charge in [0.05, 0.1) is 35.9 Å². The summed E-state index contributed by atoms with van der Waals surface area (Å²) in [5, 5.41) is 11.9. The van der Waals surface area contributed by atoms with Crippen molar-refractivity contribution in [1.29, 1.82) is 0 Å². The first-order valence-corrected chi connectivity index (χ1v) is 9.58. The molecule has 0 fully saturated rings. The van der Waals surface area contributed by atoms with E-state index < -0.39 is 6.43 Å². The van der Waals surface area contributed by atoms with Crippen LogP contribution in [0.5, 0.6) is 0 Å². The molecule has 0 saturated heterocycles. The minimum Gasteiger partial charge on any atom is -0.331 e. The SMILES string of the molecule is CCN(C(=S)c1cnn(C(C)C(C)SC)c1C(F)F)c1ccnnc1. The van der Waals surface area contributed by atoms with E-state index in [0.29, 0.717) is 17.2 Å². The number of thioether (sulfide) groups is 1. The molecule has 25 heavy (non-hydrogen) atoms. The van der Waals surface area contributed by atoms with Crippen LogP contribution in [0, 0.1) is 0 Å². The molecule has 0 N–H and O–H groups in total. The number of nitrogens with zero attached hydrogens (tertiary/aromatic N) is 5. The minimum atomic E-state index is -2.67. The van der Waals surface area contributed by atoms with Crippen LogP contribution in [0.2, 0.25) is 0 Å². The maximum absolute atomic E-state index is 13.8. The molecule has 2 aromatic rings. The largest absolute Gasteiger partial charge is 0.331 e. The Balaban J connectivity index is 2.44. The van der Waals surface area contributed by atoms with Crippen LogP contribution in [0.1, 0.15) is 44.5 Å². The molecular formula is C16H21F2N5S2. The third kappa shape index (κ3) is 4.14. The van der Waals surface area contributed by atoms with Crippen LogP contribution in [0.15, 0.2) is 24.7 Å². The molecule has 5 nitrogen and oxygen atoms in total. The third-order valence-corrected chi connectivity index (χ3v) is 5.73. The molecule has 0 spiro atoms. The number of thiocarbonyl (C=S) groups is 1. The molecule has 0 saturated carbocycles. The Morgan fingerprint density at radius 3 is 2.56 bits per heavy atom. The van der Waals surface area contributed by atoms with Crippen molar-refractivity contribution in [3.63, 3.8) is 0 Å². The number of anilines is 1. The van der Waals surface area contributed by atoms with Crippen molar-refractivity contribution in [3.05, 3.63) is 35.9 Å². The highest BCUT2D eigenvalue weighted by Gasteiger charge is 2.28. The predicted octanol–water partition coefficient (Wildman–Crippen LogP) is 4.13. The summed E-state index contributed by atoms with van der Waals surface area (Å²) in [5.74, 6) is 0. The van der Waals surface area contributed by atoms with Gasteiger partial charge in [-0.25, -0.2) is 8.78 Å². The second-order valence-electron chi connectivity index (χ2n) is 5.52. The lowest BCUT2D eigenvalue weighted by Crippen LogP contribution is -2.31. The average molecular weight is 386 g/mol. The molecule has 0 bridgehead atoms. The predicted molar refractivity (Wildman–Crippen MR) is 102 cm³/mol. The fraction of sp³-hybridized carbons (Fsp3) is 0.500. The lowest BCUT2D eigenvalue weighted by Gasteiger charge is -2.24. The maximum atomic E-state index is 13.8. The van der Waals surface area contributed by atoms with Crippen LogP contribution in [-0.4, -0.2) is 43.0 Å². The number of aromatic nitrogens is 4. The molecule has 2 atom stereocenters. The fourth-order valence-electron chi connectivity index (χ4n) is 2.51. The summed E-state index contributed by atoms with van der Waals surface area (Å²) in [5.41, 5.74) is 0.851. The molecule has 2 rings (SSSR count). The summed E-state index contributed by atoms with van der Waals surface area (Å²) >= 11 is 7.12. The number of alkyl halides is 2. The third-order valence-electron chi connectivity index (χ3n) is 4.15. The number of rotatable bonds is 7. The topological polar surface area (TPSA) is 46.8 Å². The van der Waals surface area contributed by atoms with E-state index >= 15 is 0 Å². The van der Waals surface area contributed by atoms with E-state index in [1.807, 2.05) is 27.0 Å². The van der Waals surface area contributed by atoms with Crippen LogP contribution in [0.4, 0.5) is 14.5 Å². The summed E-state index contributed by atoms with van der Waals surface area (Å²) in [6, 6.07) is 1.57. The van der Waals surface area contributed by atoms with Crippen molar-refractivity contribution in [2.45, 2.75) is 38.5 Å². The Kier molecular flexibility index (Phi) is 6.83. The van der Waals surface area contributed by atoms with Crippen molar-refractivity contribution >= 4 is 34.7 Å². The van der Waals surface area contributed by atoms with Crippen LogP contribution < -0.4 is 4.90 Å². The van der Waals surface area contributed by atoms with Gasteiger partial charge in [0.25, 0.3) is 6.43 Å². The molecule has 0 aliphatic carbocycles. The highest BCUT2D eigenvalue weighted by atomic mass is 32.2. The van der Waals surface area contributed by atoms with E-state index in [2.05, 4.69) is 15.3 Å². The Morgan fingerprint density at radius 1 is 1.32 bits per heavy atom. The second kappa shape index (κ2) is 8.66.